The Morgan fingerprint density at radius 3 is 2.27 bits per heavy atom. The molecule has 1 aromatic rings. The average Bonchev–Trinajstić information content (AvgIpc) is 2.08. The molecule has 0 fully saturated rings. The summed E-state index contributed by atoms with van der Waals surface area (Å²) in [7, 11) is 0. The summed E-state index contributed by atoms with van der Waals surface area (Å²) in [5.41, 5.74) is 5.20. The van der Waals surface area contributed by atoms with Gasteiger partial charge in [-0.3, -0.25) is 0 Å². The quantitative estimate of drug-likeness (QED) is 0.683. The number of nitrogens with zero attached hydrogens (tertiary/aromatic N) is 1. The second-order valence-electron chi connectivity index (χ2n) is 2.36. The summed E-state index contributed by atoms with van der Waals surface area (Å²) in [4.78, 5) is 3.51. The van der Waals surface area contributed by atoms with Gasteiger partial charge in [-0.05, 0) is 6.92 Å². The maximum atomic E-state index is 12.5. The highest BCUT2D eigenvalue weighted by atomic mass is 19.3. The van der Waals surface area contributed by atoms with Crippen molar-refractivity contribution in [2.24, 2.45) is 0 Å². The predicted octanol–water partition coefficient (Wildman–Crippen LogP) is 1.68. The van der Waals surface area contributed by atoms with Crippen molar-refractivity contribution >= 4 is 6.01 Å². The fourth-order valence-corrected chi connectivity index (χ4v) is 0.825. The van der Waals surface area contributed by atoms with Crippen LogP contribution in [0.3, 0.4) is 0 Å². The van der Waals surface area contributed by atoms with Crippen molar-refractivity contribution < 1.29 is 13.2 Å². The van der Waals surface area contributed by atoms with Gasteiger partial charge < -0.3 is 10.2 Å². The molecule has 0 aliphatic rings. The Labute approximate surface area is 62.2 Å². The Balaban J connectivity index is 3.13. The van der Waals surface area contributed by atoms with Gasteiger partial charge in [-0.25, -0.2) is 0 Å². The zero-order chi connectivity index (χ0) is 8.65. The summed E-state index contributed by atoms with van der Waals surface area (Å²) in [6.07, 6.45) is 0. The Kier molecular flexibility index (Phi) is 1.58. The molecule has 1 aromatic heterocycles. The van der Waals surface area contributed by atoms with Gasteiger partial charge in [0.25, 0.3) is 6.01 Å². The molecule has 0 spiro atoms. The van der Waals surface area contributed by atoms with Crippen molar-refractivity contribution in [2.45, 2.75) is 19.8 Å². The molecule has 0 bridgehead atoms. The largest absolute Gasteiger partial charge is 0.422 e. The van der Waals surface area contributed by atoms with Crippen LogP contribution in [0, 0.1) is 6.92 Å². The van der Waals surface area contributed by atoms with Crippen LogP contribution in [-0.2, 0) is 5.92 Å². The molecule has 0 aromatic carbocycles. The van der Waals surface area contributed by atoms with Crippen LogP contribution in [0.2, 0.25) is 0 Å². The molecule has 0 radical (unpaired) electrons. The summed E-state index contributed by atoms with van der Waals surface area (Å²) in [6.45, 7) is 2.16. The van der Waals surface area contributed by atoms with Gasteiger partial charge in [0.15, 0.2) is 5.76 Å². The van der Waals surface area contributed by atoms with Crippen molar-refractivity contribution in [1.82, 2.24) is 4.98 Å². The van der Waals surface area contributed by atoms with Crippen molar-refractivity contribution in [2.75, 3.05) is 5.73 Å². The van der Waals surface area contributed by atoms with E-state index in [1.54, 1.807) is 0 Å². The van der Waals surface area contributed by atoms with Crippen LogP contribution in [0.5, 0.6) is 0 Å². The summed E-state index contributed by atoms with van der Waals surface area (Å²) in [5.74, 6) is -3.47. The fourth-order valence-electron chi connectivity index (χ4n) is 0.825. The minimum Gasteiger partial charge on any atom is -0.422 e. The SMILES string of the molecule is Cc1nc(N)oc1C(C)(F)F. The Hall–Kier alpha value is -1.13. The van der Waals surface area contributed by atoms with E-state index in [-0.39, 0.29) is 11.7 Å². The van der Waals surface area contributed by atoms with E-state index in [4.69, 9.17) is 5.73 Å². The van der Waals surface area contributed by atoms with Gasteiger partial charge in [0.2, 0.25) is 0 Å². The summed E-state index contributed by atoms with van der Waals surface area (Å²) in [5, 5.41) is 0. The number of alkyl halides is 2. The predicted molar refractivity (Wildman–Crippen MR) is 35.2 cm³/mol. The van der Waals surface area contributed by atoms with E-state index < -0.39 is 11.7 Å². The fraction of sp³-hybridized carbons (Fsp3) is 0.500. The third kappa shape index (κ3) is 1.47. The van der Waals surface area contributed by atoms with Gasteiger partial charge in [-0.1, -0.05) is 0 Å². The van der Waals surface area contributed by atoms with E-state index in [9.17, 15) is 8.78 Å². The third-order valence-electron chi connectivity index (χ3n) is 1.21. The topological polar surface area (TPSA) is 52.0 Å². The van der Waals surface area contributed by atoms with E-state index in [0.29, 0.717) is 0 Å². The minimum atomic E-state index is -3.01. The molecule has 1 rings (SSSR count). The number of nitrogen functional groups attached to an aromatic ring is 1. The van der Waals surface area contributed by atoms with Crippen LogP contribution in [0.25, 0.3) is 0 Å². The van der Waals surface area contributed by atoms with Gasteiger partial charge in [0.05, 0.1) is 5.69 Å². The zero-order valence-corrected chi connectivity index (χ0v) is 6.19. The van der Waals surface area contributed by atoms with Gasteiger partial charge >= 0.3 is 5.92 Å². The molecule has 0 aliphatic heterocycles. The molecule has 0 saturated heterocycles. The number of aromatic nitrogens is 1. The van der Waals surface area contributed by atoms with E-state index in [0.717, 1.165) is 6.92 Å². The molecule has 0 aliphatic carbocycles. The van der Waals surface area contributed by atoms with Crippen LogP contribution in [0.1, 0.15) is 18.4 Å². The molecule has 2 N–H and O–H groups in total. The van der Waals surface area contributed by atoms with E-state index >= 15 is 0 Å². The van der Waals surface area contributed by atoms with Crippen LogP contribution in [0.4, 0.5) is 14.8 Å². The number of hydrogen-bond donors (Lipinski definition) is 1. The van der Waals surface area contributed by atoms with E-state index in [1.165, 1.54) is 6.92 Å². The normalized spacial score (nSPS) is 12.0. The number of nitrogens with two attached hydrogens (primary N) is 1. The first-order chi connectivity index (χ1) is 4.91. The van der Waals surface area contributed by atoms with Crippen molar-refractivity contribution in [3.05, 3.63) is 11.5 Å². The lowest BCUT2D eigenvalue weighted by Crippen LogP contribution is -2.06. The number of halogens is 2. The molecule has 0 amide bonds. The number of rotatable bonds is 1. The Bertz CT molecular complexity index is 264. The molecular formula is C6H8F2N2O. The first-order valence-electron chi connectivity index (χ1n) is 3.02. The maximum Gasteiger partial charge on any atom is 0.303 e. The number of hydrogen-bond acceptors (Lipinski definition) is 3. The minimum absolute atomic E-state index is 0.134. The summed E-state index contributed by atoms with van der Waals surface area (Å²) < 4.78 is 29.6. The van der Waals surface area contributed by atoms with Gasteiger partial charge in [0.1, 0.15) is 0 Å². The summed E-state index contributed by atoms with van der Waals surface area (Å²) in [6, 6.07) is -0.223. The van der Waals surface area contributed by atoms with Crippen molar-refractivity contribution in [3.63, 3.8) is 0 Å². The molecule has 1 heterocycles. The zero-order valence-electron chi connectivity index (χ0n) is 6.19. The summed E-state index contributed by atoms with van der Waals surface area (Å²) >= 11 is 0. The molecule has 62 valence electrons. The molecule has 0 saturated carbocycles. The van der Waals surface area contributed by atoms with Crippen LogP contribution < -0.4 is 5.73 Å². The number of aryl methyl sites for hydroxylation is 1. The lowest BCUT2D eigenvalue weighted by molar-refractivity contribution is -0.00531. The van der Waals surface area contributed by atoms with E-state index in [1.807, 2.05) is 0 Å². The highest BCUT2D eigenvalue weighted by Crippen LogP contribution is 2.30. The lowest BCUT2D eigenvalue weighted by atomic mass is 10.2. The Morgan fingerprint density at radius 1 is 1.55 bits per heavy atom. The molecule has 0 unspecified atom stereocenters. The van der Waals surface area contributed by atoms with Crippen LogP contribution >= 0.6 is 0 Å². The van der Waals surface area contributed by atoms with Crippen LogP contribution in [-0.4, -0.2) is 4.98 Å². The van der Waals surface area contributed by atoms with Crippen molar-refractivity contribution in [3.8, 4) is 0 Å². The third-order valence-corrected chi connectivity index (χ3v) is 1.21. The molecular weight excluding hydrogens is 154 g/mol. The van der Waals surface area contributed by atoms with E-state index in [2.05, 4.69) is 9.40 Å². The maximum absolute atomic E-state index is 12.5. The highest BCUT2D eigenvalue weighted by molar-refractivity contribution is 5.21. The van der Waals surface area contributed by atoms with Gasteiger partial charge in [-0.15, -0.1) is 0 Å². The molecule has 3 nitrogen and oxygen atoms in total. The van der Waals surface area contributed by atoms with Crippen LogP contribution in [0.15, 0.2) is 4.42 Å². The second-order valence-corrected chi connectivity index (χ2v) is 2.36. The average molecular weight is 162 g/mol. The Morgan fingerprint density at radius 2 is 2.09 bits per heavy atom. The first kappa shape index (κ1) is 7.97. The van der Waals surface area contributed by atoms with Gasteiger partial charge in [0, 0.05) is 6.92 Å². The molecule has 0 atom stereocenters. The van der Waals surface area contributed by atoms with Crippen molar-refractivity contribution in [1.29, 1.82) is 0 Å². The molecule has 5 heteroatoms. The highest BCUT2D eigenvalue weighted by Gasteiger charge is 2.31. The van der Waals surface area contributed by atoms with Gasteiger partial charge in [-0.2, -0.15) is 13.8 Å². The monoisotopic (exact) mass is 162 g/mol. The second kappa shape index (κ2) is 2.18. The molecule has 11 heavy (non-hydrogen) atoms. The number of anilines is 1. The standard InChI is InChI=1S/C6H8F2N2O/c1-3-4(6(2,7)8)11-5(9)10-3/h1-2H3,(H2,9,10). The smallest absolute Gasteiger partial charge is 0.303 e. The lowest BCUT2D eigenvalue weighted by Gasteiger charge is -2.05. The number of oxazole rings is 1. The first-order valence-corrected chi connectivity index (χ1v) is 3.02.